The zero-order chi connectivity index (χ0) is 22.7. The highest BCUT2D eigenvalue weighted by molar-refractivity contribution is 7.96. The summed E-state index contributed by atoms with van der Waals surface area (Å²) in [4.78, 5) is 3.02. The van der Waals surface area contributed by atoms with Crippen LogP contribution in [0.1, 0.15) is 0 Å². The second-order valence-corrected chi connectivity index (χ2v) is 9.35. The Morgan fingerprint density at radius 3 is 1.97 bits per heavy atom. The molecule has 1 atom stereocenters. The molecule has 0 aliphatic carbocycles. The van der Waals surface area contributed by atoms with E-state index >= 15 is 0 Å². The Morgan fingerprint density at radius 2 is 1.45 bits per heavy atom. The SMILES string of the molecule is [C-]#[N+]\C(=C/C=C/C=C/C(C#N)S(=O)(=O)Nc1ccccc1)S(=O)(=O)Nc1ccccc1. The quantitative estimate of drug-likeness (QED) is 0.443. The van der Waals surface area contributed by atoms with Gasteiger partial charge >= 0.3 is 0 Å². The maximum atomic E-state index is 12.3. The molecule has 2 rings (SSSR count). The number of nitrogens with zero attached hydrogens (tertiary/aromatic N) is 2. The summed E-state index contributed by atoms with van der Waals surface area (Å²) in [6, 6.07) is 17.9. The van der Waals surface area contributed by atoms with Crippen LogP contribution in [-0.4, -0.2) is 22.1 Å². The molecule has 1 unspecified atom stereocenters. The van der Waals surface area contributed by atoms with Gasteiger partial charge in [-0.3, -0.25) is 9.44 Å². The van der Waals surface area contributed by atoms with E-state index < -0.39 is 30.3 Å². The summed E-state index contributed by atoms with van der Waals surface area (Å²) in [7, 11) is -8.06. The van der Waals surface area contributed by atoms with Crippen molar-refractivity contribution in [2.45, 2.75) is 5.25 Å². The first-order chi connectivity index (χ1) is 14.8. The van der Waals surface area contributed by atoms with Gasteiger partial charge in [-0.1, -0.05) is 60.7 Å². The largest absolute Gasteiger partial charge is 0.297 e. The number of hydrogen-bond acceptors (Lipinski definition) is 5. The minimum absolute atomic E-state index is 0.314. The fourth-order valence-corrected chi connectivity index (χ4v) is 4.17. The summed E-state index contributed by atoms with van der Waals surface area (Å²) >= 11 is 0. The number of benzene rings is 2. The van der Waals surface area contributed by atoms with Crippen molar-refractivity contribution in [3.8, 4) is 6.07 Å². The Labute approximate surface area is 181 Å². The summed E-state index contributed by atoms with van der Waals surface area (Å²) in [5, 5.41) is 7.17. The Morgan fingerprint density at radius 1 is 0.903 bits per heavy atom. The van der Waals surface area contributed by atoms with Gasteiger partial charge in [-0.15, -0.1) is 0 Å². The van der Waals surface area contributed by atoms with Gasteiger partial charge in [-0.25, -0.2) is 21.7 Å². The van der Waals surface area contributed by atoms with Gasteiger partial charge < -0.3 is 0 Å². The third-order valence-electron chi connectivity index (χ3n) is 3.65. The number of allylic oxidation sites excluding steroid dienone is 4. The van der Waals surface area contributed by atoms with Crippen molar-refractivity contribution >= 4 is 31.4 Å². The number of para-hydroxylation sites is 2. The van der Waals surface area contributed by atoms with Gasteiger partial charge in [0, 0.05) is 11.4 Å². The van der Waals surface area contributed by atoms with E-state index in [1.807, 2.05) is 0 Å². The first kappa shape index (κ1) is 23.4. The lowest BCUT2D eigenvalue weighted by Crippen LogP contribution is -2.24. The lowest BCUT2D eigenvalue weighted by atomic mass is 10.3. The molecule has 10 heteroatoms. The molecule has 2 aromatic carbocycles. The summed E-state index contributed by atoms with van der Waals surface area (Å²) in [5.41, 5.74) is 0.640. The Balaban J connectivity index is 2.08. The first-order valence-electron chi connectivity index (χ1n) is 8.75. The second-order valence-electron chi connectivity index (χ2n) is 5.92. The van der Waals surface area contributed by atoms with Gasteiger partial charge in [0.2, 0.25) is 0 Å². The third kappa shape index (κ3) is 7.16. The maximum Gasteiger partial charge on any atom is 0.297 e. The Bertz CT molecular complexity index is 1270. The number of rotatable bonds is 9. The van der Waals surface area contributed by atoms with Crippen molar-refractivity contribution in [3.63, 3.8) is 0 Å². The smallest absolute Gasteiger partial charge is 0.288 e. The van der Waals surface area contributed by atoms with E-state index in [1.165, 1.54) is 18.2 Å². The summed E-state index contributed by atoms with van der Waals surface area (Å²) in [6.07, 6.45) is 6.09. The lowest BCUT2D eigenvalue weighted by Gasteiger charge is -2.09. The molecule has 2 aromatic rings. The van der Waals surface area contributed by atoms with Crippen molar-refractivity contribution in [2.24, 2.45) is 0 Å². The first-order valence-corrected chi connectivity index (χ1v) is 11.8. The normalized spacial score (nSPS) is 13.4. The van der Waals surface area contributed by atoms with Gasteiger partial charge in [-0.2, -0.15) is 5.26 Å². The highest BCUT2D eigenvalue weighted by Gasteiger charge is 2.22. The van der Waals surface area contributed by atoms with Crippen molar-refractivity contribution < 1.29 is 16.8 Å². The number of hydrogen-bond donors (Lipinski definition) is 2. The van der Waals surface area contributed by atoms with Crippen LogP contribution >= 0.6 is 0 Å². The van der Waals surface area contributed by atoms with Crippen molar-refractivity contribution in [1.82, 2.24) is 0 Å². The van der Waals surface area contributed by atoms with Crippen LogP contribution in [0.25, 0.3) is 4.85 Å². The molecule has 0 aromatic heterocycles. The highest BCUT2D eigenvalue weighted by Crippen LogP contribution is 2.15. The minimum atomic E-state index is -4.07. The number of nitriles is 1. The molecule has 0 spiro atoms. The Kier molecular flexibility index (Phi) is 8.15. The van der Waals surface area contributed by atoms with Gasteiger partial charge in [-0.05, 0) is 30.3 Å². The van der Waals surface area contributed by atoms with Gasteiger partial charge in [0.1, 0.15) is 0 Å². The monoisotopic (exact) mass is 454 g/mol. The molecule has 0 heterocycles. The molecule has 0 aliphatic rings. The van der Waals surface area contributed by atoms with Gasteiger partial charge in [0.25, 0.3) is 25.1 Å². The molecular formula is C21H18N4O4S2. The predicted octanol–water partition coefficient (Wildman–Crippen LogP) is 3.64. The fraction of sp³-hybridized carbons (Fsp3) is 0.0476. The van der Waals surface area contributed by atoms with Crippen molar-refractivity contribution in [1.29, 1.82) is 5.26 Å². The zero-order valence-corrected chi connectivity index (χ0v) is 17.7. The lowest BCUT2D eigenvalue weighted by molar-refractivity contribution is 0.599. The average molecular weight is 455 g/mol. The van der Waals surface area contributed by atoms with Crippen LogP contribution in [0.5, 0.6) is 0 Å². The maximum absolute atomic E-state index is 12.3. The highest BCUT2D eigenvalue weighted by atomic mass is 32.2. The van der Waals surface area contributed by atoms with E-state index in [2.05, 4.69) is 14.3 Å². The van der Waals surface area contributed by atoms with E-state index in [0.717, 1.165) is 12.2 Å². The molecule has 0 bridgehead atoms. The summed E-state index contributed by atoms with van der Waals surface area (Å²) in [6.45, 7) is 7.10. The minimum Gasteiger partial charge on any atom is -0.288 e. The molecule has 31 heavy (non-hydrogen) atoms. The van der Waals surface area contributed by atoms with E-state index in [4.69, 9.17) is 6.57 Å². The van der Waals surface area contributed by atoms with Crippen LogP contribution in [0.3, 0.4) is 0 Å². The predicted molar refractivity (Wildman–Crippen MR) is 120 cm³/mol. The second kappa shape index (κ2) is 10.8. The molecule has 0 saturated carbocycles. The van der Waals surface area contributed by atoms with Gasteiger partial charge in [0.15, 0.2) is 5.25 Å². The van der Waals surface area contributed by atoms with Crippen molar-refractivity contribution in [2.75, 3.05) is 9.44 Å². The van der Waals surface area contributed by atoms with Crippen LogP contribution < -0.4 is 9.44 Å². The molecule has 158 valence electrons. The van der Waals surface area contributed by atoms with E-state index in [9.17, 15) is 22.1 Å². The fourth-order valence-electron chi connectivity index (χ4n) is 2.22. The number of nitrogens with one attached hydrogen (secondary N) is 2. The van der Waals surface area contributed by atoms with Crippen molar-refractivity contribution in [3.05, 3.63) is 107 Å². The molecular weight excluding hydrogens is 436 g/mol. The van der Waals surface area contributed by atoms with Crippen LogP contribution in [-0.2, 0) is 20.0 Å². The molecule has 0 aliphatic heterocycles. The van der Waals surface area contributed by atoms with Crippen LogP contribution in [0, 0.1) is 17.9 Å². The zero-order valence-electron chi connectivity index (χ0n) is 16.1. The van der Waals surface area contributed by atoms with E-state index in [0.29, 0.717) is 11.4 Å². The van der Waals surface area contributed by atoms with Gasteiger partial charge in [0.05, 0.1) is 12.6 Å². The molecule has 0 fully saturated rings. The summed E-state index contributed by atoms with van der Waals surface area (Å²) in [5.74, 6) is 0. The van der Waals surface area contributed by atoms with Crippen LogP contribution in [0.4, 0.5) is 11.4 Å². The standard InChI is InChI=1S/C21H18N4O4S2/c1-23-21(31(28,29)25-19-13-7-3-8-14-19)16-10-4-9-15-20(17-22)30(26,27)24-18-11-5-2-6-12-18/h2-16,20,24-25H/b10-4+,15-9+,21-16+. The number of sulfonamides is 2. The molecule has 2 N–H and O–H groups in total. The molecule has 8 nitrogen and oxygen atoms in total. The van der Waals surface area contributed by atoms with Crippen LogP contribution in [0.2, 0.25) is 0 Å². The van der Waals surface area contributed by atoms with E-state index in [-0.39, 0.29) is 0 Å². The molecule has 0 amide bonds. The third-order valence-corrected chi connectivity index (χ3v) is 6.39. The Hall–Kier alpha value is -3.86. The number of anilines is 2. The molecule has 0 radical (unpaired) electrons. The topological polar surface area (TPSA) is 120 Å². The molecule has 0 saturated heterocycles. The summed E-state index contributed by atoms with van der Waals surface area (Å²) < 4.78 is 53.8. The average Bonchev–Trinajstić information content (AvgIpc) is 2.73. The van der Waals surface area contributed by atoms with E-state index in [1.54, 1.807) is 66.7 Å². The van der Waals surface area contributed by atoms with Crippen LogP contribution in [0.15, 0.2) is 96.1 Å².